The maximum absolute atomic E-state index is 8.93. The summed E-state index contributed by atoms with van der Waals surface area (Å²) in [6, 6.07) is 11.3. The van der Waals surface area contributed by atoms with Gasteiger partial charge in [0.25, 0.3) is 0 Å². The number of thiophene rings is 1. The lowest BCUT2D eigenvalue weighted by atomic mass is 9.79. The second-order valence-corrected chi connectivity index (χ2v) is 7.58. The van der Waals surface area contributed by atoms with E-state index in [0.717, 1.165) is 27.1 Å². The second-order valence-electron chi connectivity index (χ2n) is 6.49. The normalized spacial score (nSPS) is 29.2. The molecule has 2 atom stereocenters. The van der Waals surface area contributed by atoms with Crippen molar-refractivity contribution in [1.29, 1.82) is 5.26 Å². The Balaban J connectivity index is 1.49. The minimum Gasteiger partial charge on any atom is -0.379 e. The van der Waals surface area contributed by atoms with Gasteiger partial charge in [-0.05, 0) is 63.0 Å². The smallest absolute Gasteiger partial charge is 0.110 e. The molecule has 0 amide bonds. The molecule has 3 aliphatic rings. The van der Waals surface area contributed by atoms with E-state index in [1.165, 1.54) is 37.3 Å². The number of hydrogen-bond acceptors (Lipinski definition) is 5. The van der Waals surface area contributed by atoms with E-state index in [1.807, 2.05) is 24.4 Å². The average molecular weight is 324 g/mol. The third-order valence-electron chi connectivity index (χ3n) is 5.24. The summed E-state index contributed by atoms with van der Waals surface area (Å²) in [4.78, 5) is 8.94. The Hall–Kier alpha value is -1.90. The first-order valence-electron chi connectivity index (χ1n) is 8.21. The molecular formula is C18H20N4S. The third kappa shape index (κ3) is 2.73. The number of fused-ring (bicyclic) bond motifs is 3. The van der Waals surface area contributed by atoms with Crippen molar-refractivity contribution in [2.45, 2.75) is 31.8 Å². The predicted molar refractivity (Wildman–Crippen MR) is 93.4 cm³/mol. The van der Waals surface area contributed by atoms with Crippen LogP contribution in [0.2, 0.25) is 0 Å². The number of nitriles is 1. The van der Waals surface area contributed by atoms with E-state index in [0.29, 0.717) is 12.1 Å². The Morgan fingerprint density at radius 2 is 2.09 bits per heavy atom. The zero-order valence-corrected chi connectivity index (χ0v) is 14.0. The molecule has 5 heterocycles. The van der Waals surface area contributed by atoms with Crippen molar-refractivity contribution in [2.75, 3.05) is 18.4 Å². The Morgan fingerprint density at radius 1 is 1.26 bits per heavy atom. The number of anilines is 1. The van der Waals surface area contributed by atoms with Gasteiger partial charge < -0.3 is 5.32 Å². The molecule has 2 unspecified atom stereocenters. The highest BCUT2D eigenvalue weighted by atomic mass is 32.1. The van der Waals surface area contributed by atoms with Gasteiger partial charge in [0, 0.05) is 12.1 Å². The topological polar surface area (TPSA) is 52.0 Å². The van der Waals surface area contributed by atoms with Crippen LogP contribution in [0.4, 0.5) is 5.69 Å². The van der Waals surface area contributed by atoms with Crippen LogP contribution in [-0.4, -0.2) is 35.1 Å². The molecule has 5 heteroatoms. The lowest BCUT2D eigenvalue weighted by Crippen LogP contribution is -2.59. The Bertz CT molecular complexity index is 720. The van der Waals surface area contributed by atoms with Crippen molar-refractivity contribution < 1.29 is 0 Å². The highest BCUT2D eigenvalue weighted by Crippen LogP contribution is 2.34. The van der Waals surface area contributed by atoms with Gasteiger partial charge in [0.1, 0.15) is 10.9 Å². The van der Waals surface area contributed by atoms with Gasteiger partial charge >= 0.3 is 0 Å². The molecule has 2 aromatic heterocycles. The van der Waals surface area contributed by atoms with Crippen LogP contribution in [0.25, 0.3) is 10.6 Å². The van der Waals surface area contributed by atoms with Crippen LogP contribution in [0.5, 0.6) is 0 Å². The zero-order valence-electron chi connectivity index (χ0n) is 13.2. The summed E-state index contributed by atoms with van der Waals surface area (Å²) >= 11 is 1.49. The Morgan fingerprint density at radius 3 is 2.70 bits per heavy atom. The van der Waals surface area contributed by atoms with Crippen LogP contribution in [0.3, 0.4) is 0 Å². The highest BCUT2D eigenvalue weighted by Gasteiger charge is 2.39. The van der Waals surface area contributed by atoms with Gasteiger partial charge in [0.2, 0.25) is 0 Å². The van der Waals surface area contributed by atoms with Crippen LogP contribution in [-0.2, 0) is 0 Å². The molecule has 2 bridgehead atoms. The predicted octanol–water partition coefficient (Wildman–Crippen LogP) is 3.58. The van der Waals surface area contributed by atoms with Crippen LogP contribution in [0.15, 0.2) is 30.5 Å². The van der Waals surface area contributed by atoms with Gasteiger partial charge in [-0.15, -0.1) is 11.3 Å². The first-order valence-corrected chi connectivity index (χ1v) is 9.03. The fraction of sp³-hybridized carbons (Fsp3) is 0.444. The fourth-order valence-electron chi connectivity index (χ4n) is 3.90. The summed E-state index contributed by atoms with van der Waals surface area (Å²) in [5, 5.41) is 12.6. The van der Waals surface area contributed by atoms with E-state index < -0.39 is 0 Å². The lowest BCUT2D eigenvalue weighted by Gasteiger charge is -2.50. The second kappa shape index (κ2) is 5.95. The molecule has 0 spiro atoms. The van der Waals surface area contributed by atoms with Crippen LogP contribution in [0, 0.1) is 17.2 Å². The summed E-state index contributed by atoms with van der Waals surface area (Å²) in [7, 11) is 0. The molecule has 0 saturated carbocycles. The fourth-order valence-corrected chi connectivity index (χ4v) is 4.68. The highest BCUT2D eigenvalue weighted by molar-refractivity contribution is 7.15. The SMILES string of the molecule is CC1C(Nc2ccc(-c3ccc(C#N)s3)nc2)C2CCN1CC2. The quantitative estimate of drug-likeness (QED) is 0.937. The zero-order chi connectivity index (χ0) is 15.8. The minimum atomic E-state index is 0.525. The number of nitrogens with zero attached hydrogens (tertiary/aromatic N) is 3. The monoisotopic (exact) mass is 324 g/mol. The molecule has 0 aliphatic carbocycles. The van der Waals surface area contributed by atoms with Crippen LogP contribution in [0.1, 0.15) is 24.6 Å². The molecule has 5 rings (SSSR count). The standard InChI is InChI=1S/C18H20N4S/c1-12-18(13-6-8-22(12)9-7-13)21-14-2-4-16(20-11-14)17-5-3-15(10-19)23-17/h2-5,11-13,18,21H,6-9H2,1H3. The number of piperidine rings is 3. The van der Waals surface area contributed by atoms with E-state index in [1.54, 1.807) is 0 Å². The number of nitrogens with one attached hydrogen (secondary N) is 1. The molecular weight excluding hydrogens is 304 g/mol. The maximum Gasteiger partial charge on any atom is 0.110 e. The van der Waals surface area contributed by atoms with Gasteiger partial charge in [0.15, 0.2) is 0 Å². The third-order valence-corrected chi connectivity index (χ3v) is 6.26. The van der Waals surface area contributed by atoms with Gasteiger partial charge in [-0.3, -0.25) is 9.88 Å². The Labute approximate surface area is 140 Å². The number of hydrogen-bond donors (Lipinski definition) is 1. The van der Waals surface area contributed by atoms with E-state index in [9.17, 15) is 0 Å². The summed E-state index contributed by atoms with van der Waals surface area (Å²) in [6.07, 6.45) is 4.53. The van der Waals surface area contributed by atoms with E-state index in [2.05, 4.69) is 34.3 Å². The largest absolute Gasteiger partial charge is 0.379 e. The summed E-state index contributed by atoms with van der Waals surface area (Å²) < 4.78 is 0. The molecule has 3 saturated heterocycles. The first kappa shape index (κ1) is 14.7. The van der Waals surface area contributed by atoms with Crippen molar-refractivity contribution in [2.24, 2.45) is 5.92 Å². The van der Waals surface area contributed by atoms with Gasteiger partial charge in [0.05, 0.1) is 22.5 Å². The summed E-state index contributed by atoms with van der Waals surface area (Å²) in [5.41, 5.74) is 2.03. The van der Waals surface area contributed by atoms with Crippen LogP contribution >= 0.6 is 11.3 Å². The Kier molecular flexibility index (Phi) is 3.80. The molecule has 4 nitrogen and oxygen atoms in total. The van der Waals surface area contributed by atoms with E-state index >= 15 is 0 Å². The van der Waals surface area contributed by atoms with Crippen molar-refractivity contribution in [3.05, 3.63) is 35.3 Å². The van der Waals surface area contributed by atoms with Crippen LogP contribution < -0.4 is 5.32 Å². The molecule has 23 heavy (non-hydrogen) atoms. The van der Waals surface area contributed by atoms with E-state index in [4.69, 9.17) is 5.26 Å². The van der Waals surface area contributed by atoms with Crippen molar-refractivity contribution in [1.82, 2.24) is 9.88 Å². The van der Waals surface area contributed by atoms with Crippen molar-refractivity contribution in [3.63, 3.8) is 0 Å². The minimum absolute atomic E-state index is 0.525. The molecule has 3 aliphatic heterocycles. The molecule has 1 N–H and O–H groups in total. The van der Waals surface area contributed by atoms with Gasteiger partial charge in [-0.1, -0.05) is 0 Å². The number of rotatable bonds is 3. The first-order chi connectivity index (χ1) is 11.2. The molecule has 2 aromatic rings. The van der Waals surface area contributed by atoms with E-state index in [-0.39, 0.29) is 0 Å². The molecule has 0 radical (unpaired) electrons. The molecule has 118 valence electrons. The van der Waals surface area contributed by atoms with Crippen molar-refractivity contribution >= 4 is 17.0 Å². The maximum atomic E-state index is 8.93. The van der Waals surface area contributed by atoms with Gasteiger partial charge in [-0.2, -0.15) is 5.26 Å². The molecule has 0 aromatic carbocycles. The summed E-state index contributed by atoms with van der Waals surface area (Å²) in [6.45, 7) is 4.83. The summed E-state index contributed by atoms with van der Waals surface area (Å²) in [5.74, 6) is 0.783. The van der Waals surface area contributed by atoms with Crippen molar-refractivity contribution in [3.8, 4) is 16.6 Å². The van der Waals surface area contributed by atoms with Gasteiger partial charge in [-0.25, -0.2) is 0 Å². The number of aromatic nitrogens is 1. The average Bonchev–Trinajstić information content (AvgIpc) is 3.08. The lowest BCUT2D eigenvalue weighted by molar-refractivity contribution is 0.0458. The molecule has 3 fully saturated rings. The number of pyridine rings is 1.